The molecule has 9 nitrogen and oxygen atoms in total. The lowest BCUT2D eigenvalue weighted by Crippen LogP contribution is -2.31. The Balaban J connectivity index is 1.31. The third-order valence-corrected chi connectivity index (χ3v) is 8.30. The van der Waals surface area contributed by atoms with Crippen molar-refractivity contribution in [3.8, 4) is 11.1 Å². The fraction of sp³-hybridized carbons (Fsp3) is 0.353. The molecule has 43 heavy (non-hydrogen) atoms. The molecule has 1 heterocycles. The maximum absolute atomic E-state index is 13.6. The molecule has 0 radical (unpaired) electrons. The van der Waals surface area contributed by atoms with E-state index in [0.717, 1.165) is 53.6 Å². The SMILES string of the molecule is CC(=O)Nc1ccccc1-c1ccc(C[C@H](CC(=O)C2CCC(CN)CC2)C(=O)Nc2ccc(C3=NCN=N3)cc2)cc1. The Morgan fingerprint density at radius 2 is 1.58 bits per heavy atom. The number of para-hydroxylation sites is 1. The molecule has 1 aliphatic heterocycles. The molecule has 3 aromatic rings. The number of carbonyl (C=O) groups is 3. The number of hydrogen-bond donors (Lipinski definition) is 3. The number of azo groups is 1. The topological polar surface area (TPSA) is 138 Å². The van der Waals surface area contributed by atoms with Crippen LogP contribution in [0.3, 0.4) is 0 Å². The van der Waals surface area contributed by atoms with Gasteiger partial charge in [0.05, 0.1) is 0 Å². The van der Waals surface area contributed by atoms with Gasteiger partial charge in [0.2, 0.25) is 11.8 Å². The average Bonchev–Trinajstić information content (AvgIpc) is 3.57. The number of hydrogen-bond acceptors (Lipinski definition) is 7. The third-order valence-electron chi connectivity index (χ3n) is 8.30. The van der Waals surface area contributed by atoms with E-state index in [1.165, 1.54) is 6.92 Å². The van der Waals surface area contributed by atoms with E-state index in [1.54, 1.807) is 0 Å². The van der Waals surface area contributed by atoms with Crippen molar-refractivity contribution in [1.29, 1.82) is 0 Å². The van der Waals surface area contributed by atoms with E-state index in [1.807, 2.05) is 72.8 Å². The second-order valence-corrected chi connectivity index (χ2v) is 11.4. The van der Waals surface area contributed by atoms with Crippen LogP contribution in [-0.4, -0.2) is 36.6 Å². The van der Waals surface area contributed by atoms with Gasteiger partial charge in [-0.1, -0.05) is 42.5 Å². The van der Waals surface area contributed by atoms with Gasteiger partial charge < -0.3 is 16.4 Å². The number of benzene rings is 3. The van der Waals surface area contributed by atoms with Crippen molar-refractivity contribution in [3.63, 3.8) is 0 Å². The Bertz CT molecular complexity index is 1510. The van der Waals surface area contributed by atoms with E-state index >= 15 is 0 Å². The Morgan fingerprint density at radius 3 is 2.23 bits per heavy atom. The van der Waals surface area contributed by atoms with Crippen LogP contribution in [0.25, 0.3) is 11.1 Å². The van der Waals surface area contributed by atoms with E-state index in [0.29, 0.717) is 37.1 Å². The van der Waals surface area contributed by atoms with E-state index < -0.39 is 5.92 Å². The molecule has 0 bridgehead atoms. The third kappa shape index (κ3) is 7.87. The quantitative estimate of drug-likeness (QED) is 0.257. The first-order valence-corrected chi connectivity index (χ1v) is 14.9. The van der Waals surface area contributed by atoms with Crippen LogP contribution in [-0.2, 0) is 20.8 Å². The zero-order chi connectivity index (χ0) is 30.2. The highest BCUT2D eigenvalue weighted by molar-refractivity contribution is 6.01. The second-order valence-electron chi connectivity index (χ2n) is 11.4. The van der Waals surface area contributed by atoms with Gasteiger partial charge in [-0.2, -0.15) is 5.11 Å². The molecule has 2 amide bonds. The molecular weight excluding hydrogens is 540 g/mol. The number of rotatable bonds is 11. The van der Waals surface area contributed by atoms with Crippen LogP contribution in [0.1, 0.15) is 50.2 Å². The summed E-state index contributed by atoms with van der Waals surface area (Å²) in [7, 11) is 0. The summed E-state index contributed by atoms with van der Waals surface area (Å²) in [6.45, 7) is 2.48. The highest BCUT2D eigenvalue weighted by Gasteiger charge is 2.30. The highest BCUT2D eigenvalue weighted by Crippen LogP contribution is 2.32. The van der Waals surface area contributed by atoms with Crippen molar-refractivity contribution in [2.75, 3.05) is 23.8 Å². The number of anilines is 2. The number of aliphatic imine (C=N–C) groups is 1. The summed E-state index contributed by atoms with van der Waals surface area (Å²) in [4.78, 5) is 43.0. The Hall–Kier alpha value is -4.50. The number of nitrogens with zero attached hydrogens (tertiary/aromatic N) is 3. The highest BCUT2D eigenvalue weighted by atomic mass is 16.2. The lowest BCUT2D eigenvalue weighted by atomic mass is 9.77. The van der Waals surface area contributed by atoms with E-state index in [2.05, 4.69) is 25.9 Å². The summed E-state index contributed by atoms with van der Waals surface area (Å²) < 4.78 is 0. The summed E-state index contributed by atoms with van der Waals surface area (Å²) in [5, 5.41) is 13.8. The lowest BCUT2D eigenvalue weighted by Gasteiger charge is -2.27. The van der Waals surface area contributed by atoms with Gasteiger partial charge >= 0.3 is 0 Å². The molecule has 2 aliphatic rings. The average molecular weight is 579 g/mol. The molecule has 1 fully saturated rings. The van der Waals surface area contributed by atoms with E-state index in [4.69, 9.17) is 5.73 Å². The lowest BCUT2D eigenvalue weighted by molar-refractivity contribution is -0.129. The molecule has 0 saturated heterocycles. The van der Waals surface area contributed by atoms with Crippen molar-refractivity contribution in [2.45, 2.75) is 45.4 Å². The first-order chi connectivity index (χ1) is 20.9. The molecule has 1 saturated carbocycles. The van der Waals surface area contributed by atoms with Crippen molar-refractivity contribution in [1.82, 2.24) is 0 Å². The number of Topliss-reactive ketones (excluding diaryl/α,β-unsaturated/α-hetero) is 1. The van der Waals surface area contributed by atoms with Crippen LogP contribution in [0.15, 0.2) is 88.0 Å². The number of carbonyl (C=O) groups excluding carboxylic acids is 3. The van der Waals surface area contributed by atoms with Crippen molar-refractivity contribution >= 4 is 34.8 Å². The van der Waals surface area contributed by atoms with Crippen LogP contribution in [0, 0.1) is 17.8 Å². The molecule has 9 heteroatoms. The zero-order valence-corrected chi connectivity index (χ0v) is 24.5. The van der Waals surface area contributed by atoms with Crippen molar-refractivity contribution in [3.05, 3.63) is 83.9 Å². The predicted molar refractivity (Wildman–Crippen MR) is 169 cm³/mol. The van der Waals surface area contributed by atoms with Crippen molar-refractivity contribution < 1.29 is 14.4 Å². The van der Waals surface area contributed by atoms with Gasteiger partial charge in [0.15, 0.2) is 12.5 Å². The molecule has 0 spiro atoms. The summed E-state index contributed by atoms with van der Waals surface area (Å²) in [5.41, 5.74) is 10.9. The number of amidine groups is 1. The van der Waals surface area contributed by atoms with E-state index in [-0.39, 0.29) is 29.9 Å². The minimum Gasteiger partial charge on any atom is -0.330 e. The number of ketones is 1. The van der Waals surface area contributed by atoms with Crippen LogP contribution >= 0.6 is 0 Å². The standard InChI is InChI=1S/C34H38N6O3/c1-22(41)38-31-5-3-2-4-30(31)25-10-6-23(7-11-25)18-28(19-32(42)26-12-8-24(20-35)9-13-26)34(43)39-29-16-14-27(15-17-29)33-36-21-37-40-33/h2-7,10-11,14-17,24,26,28H,8-9,12-13,18-21,35H2,1H3,(H,38,41)(H,39,43)/t24?,26?,28-/m1/s1. The number of nitrogens with two attached hydrogens (primary N) is 1. The minimum atomic E-state index is -0.523. The Morgan fingerprint density at radius 1 is 0.884 bits per heavy atom. The molecule has 0 unspecified atom stereocenters. The van der Waals surface area contributed by atoms with Gasteiger partial charge in [0.25, 0.3) is 0 Å². The van der Waals surface area contributed by atoms with Gasteiger partial charge in [-0.05, 0) is 86.0 Å². The van der Waals surface area contributed by atoms with E-state index in [9.17, 15) is 14.4 Å². The minimum absolute atomic E-state index is 0.0219. The molecule has 5 rings (SSSR count). The zero-order valence-electron chi connectivity index (χ0n) is 24.5. The molecule has 4 N–H and O–H groups in total. The van der Waals surface area contributed by atoms with Gasteiger partial charge in [-0.3, -0.25) is 14.4 Å². The van der Waals surface area contributed by atoms with Gasteiger partial charge in [0.1, 0.15) is 5.78 Å². The predicted octanol–water partition coefficient (Wildman–Crippen LogP) is 6.00. The summed E-state index contributed by atoms with van der Waals surface area (Å²) in [5.74, 6) is 0.347. The summed E-state index contributed by atoms with van der Waals surface area (Å²) in [6.07, 6.45) is 4.20. The Labute approximate surface area is 252 Å². The number of amides is 2. The van der Waals surface area contributed by atoms with Gasteiger partial charge in [-0.15, -0.1) is 5.11 Å². The summed E-state index contributed by atoms with van der Waals surface area (Å²) in [6, 6.07) is 22.9. The second kappa shape index (κ2) is 14.1. The van der Waals surface area contributed by atoms with Crippen LogP contribution in [0.5, 0.6) is 0 Å². The van der Waals surface area contributed by atoms with Gasteiger partial charge in [-0.25, -0.2) is 4.99 Å². The monoisotopic (exact) mass is 578 g/mol. The van der Waals surface area contributed by atoms with Crippen LogP contribution in [0.2, 0.25) is 0 Å². The largest absolute Gasteiger partial charge is 0.330 e. The van der Waals surface area contributed by atoms with Gasteiger partial charge in [0, 0.05) is 47.7 Å². The molecule has 3 aromatic carbocycles. The summed E-state index contributed by atoms with van der Waals surface area (Å²) >= 11 is 0. The first-order valence-electron chi connectivity index (χ1n) is 14.9. The molecule has 1 atom stereocenters. The Kier molecular flexibility index (Phi) is 9.84. The fourth-order valence-corrected chi connectivity index (χ4v) is 5.85. The molecule has 0 aromatic heterocycles. The molecule has 1 aliphatic carbocycles. The normalized spacial score (nSPS) is 18.5. The number of nitrogens with one attached hydrogen (secondary N) is 2. The maximum Gasteiger partial charge on any atom is 0.228 e. The fourth-order valence-electron chi connectivity index (χ4n) is 5.85. The van der Waals surface area contributed by atoms with Crippen LogP contribution in [0.4, 0.5) is 11.4 Å². The van der Waals surface area contributed by atoms with Crippen molar-refractivity contribution in [2.24, 2.45) is 38.7 Å². The van der Waals surface area contributed by atoms with Crippen LogP contribution < -0.4 is 16.4 Å². The maximum atomic E-state index is 13.6. The molecular formula is C34H38N6O3. The smallest absolute Gasteiger partial charge is 0.228 e. The molecule has 222 valence electrons. The first kappa shape index (κ1) is 30.0.